The maximum atomic E-state index is 12.1. The Kier molecular flexibility index (Phi) is 5.17. The van der Waals surface area contributed by atoms with Gasteiger partial charge in [0.25, 0.3) is 0 Å². The Hall–Kier alpha value is -2.32. The van der Waals surface area contributed by atoms with E-state index < -0.39 is 0 Å². The molecule has 0 spiro atoms. The van der Waals surface area contributed by atoms with Crippen molar-refractivity contribution in [2.75, 3.05) is 11.6 Å². The number of nitrogen functional groups attached to an aromatic ring is 1. The maximum Gasteiger partial charge on any atom is 0.230 e. The van der Waals surface area contributed by atoms with Crippen molar-refractivity contribution in [2.45, 2.75) is 18.1 Å². The second kappa shape index (κ2) is 7.50. The molecular formula is C16H17N5OS2. The summed E-state index contributed by atoms with van der Waals surface area (Å²) in [5, 5.41) is 13.6. The number of hydrogen-bond donors (Lipinski definition) is 2. The fraction of sp³-hybridized carbons (Fsp3) is 0.188. The predicted molar refractivity (Wildman–Crippen MR) is 97.2 cm³/mol. The van der Waals surface area contributed by atoms with Crippen LogP contribution in [-0.2, 0) is 4.79 Å². The fourth-order valence-electron chi connectivity index (χ4n) is 2.19. The van der Waals surface area contributed by atoms with Crippen molar-refractivity contribution >= 4 is 29.0 Å². The standard InChI is InChI=1S/C16H17N5OS2/c1-11(12-6-3-2-4-7-12)18-14(22)10-24-16-20-19-15(21(16)17)13-8-5-9-23-13/h2-9,11H,10,17H2,1H3,(H,18,22)/t11-/m1/s1. The van der Waals surface area contributed by atoms with Crippen molar-refractivity contribution in [3.05, 3.63) is 53.4 Å². The number of carbonyl (C=O) groups excluding carboxylic acids is 1. The van der Waals surface area contributed by atoms with Gasteiger partial charge >= 0.3 is 0 Å². The number of hydrogen-bond acceptors (Lipinski definition) is 6. The Morgan fingerprint density at radius 3 is 2.79 bits per heavy atom. The summed E-state index contributed by atoms with van der Waals surface area (Å²) in [5.74, 6) is 6.78. The van der Waals surface area contributed by atoms with Gasteiger partial charge in [-0.2, -0.15) is 0 Å². The van der Waals surface area contributed by atoms with E-state index in [9.17, 15) is 4.79 Å². The number of nitrogens with two attached hydrogens (primary N) is 1. The van der Waals surface area contributed by atoms with Crippen molar-refractivity contribution in [1.29, 1.82) is 0 Å². The van der Waals surface area contributed by atoms with Crippen LogP contribution >= 0.6 is 23.1 Å². The minimum absolute atomic E-state index is 0.0447. The lowest BCUT2D eigenvalue weighted by Gasteiger charge is -2.13. The molecule has 0 aliphatic heterocycles. The normalized spacial score (nSPS) is 12.0. The summed E-state index contributed by atoms with van der Waals surface area (Å²) in [7, 11) is 0. The van der Waals surface area contributed by atoms with Gasteiger partial charge in [-0.25, -0.2) is 4.68 Å². The molecule has 6 nitrogen and oxygen atoms in total. The van der Waals surface area contributed by atoms with Crippen LogP contribution < -0.4 is 11.2 Å². The van der Waals surface area contributed by atoms with E-state index in [4.69, 9.17) is 5.84 Å². The first-order valence-electron chi connectivity index (χ1n) is 7.36. The highest BCUT2D eigenvalue weighted by molar-refractivity contribution is 7.99. The van der Waals surface area contributed by atoms with Gasteiger partial charge in [0.05, 0.1) is 16.7 Å². The quantitative estimate of drug-likeness (QED) is 0.522. The molecule has 3 aromatic rings. The number of carbonyl (C=O) groups is 1. The van der Waals surface area contributed by atoms with Crippen LogP contribution in [0.1, 0.15) is 18.5 Å². The zero-order chi connectivity index (χ0) is 16.9. The molecule has 8 heteroatoms. The average Bonchev–Trinajstić information content (AvgIpc) is 3.23. The first kappa shape index (κ1) is 16.5. The van der Waals surface area contributed by atoms with E-state index in [2.05, 4.69) is 15.5 Å². The van der Waals surface area contributed by atoms with Gasteiger partial charge in [-0.3, -0.25) is 4.79 Å². The number of amides is 1. The van der Waals surface area contributed by atoms with E-state index in [1.165, 1.54) is 16.4 Å². The molecule has 2 heterocycles. The largest absolute Gasteiger partial charge is 0.349 e. The second-order valence-electron chi connectivity index (χ2n) is 5.14. The van der Waals surface area contributed by atoms with Crippen LogP contribution in [0.2, 0.25) is 0 Å². The van der Waals surface area contributed by atoms with Crippen molar-refractivity contribution in [1.82, 2.24) is 20.2 Å². The molecule has 0 unspecified atom stereocenters. The second-order valence-corrected chi connectivity index (χ2v) is 7.03. The summed E-state index contributed by atoms with van der Waals surface area (Å²) in [6, 6.07) is 13.7. The number of nitrogens with one attached hydrogen (secondary N) is 1. The zero-order valence-corrected chi connectivity index (χ0v) is 14.7. The van der Waals surface area contributed by atoms with Gasteiger partial charge in [-0.05, 0) is 23.9 Å². The highest BCUT2D eigenvalue weighted by Gasteiger charge is 2.15. The first-order chi connectivity index (χ1) is 11.6. The Balaban J connectivity index is 1.57. The van der Waals surface area contributed by atoms with E-state index >= 15 is 0 Å². The summed E-state index contributed by atoms with van der Waals surface area (Å²) in [5.41, 5.74) is 1.07. The first-order valence-corrected chi connectivity index (χ1v) is 9.23. The summed E-state index contributed by atoms with van der Waals surface area (Å²) in [6.07, 6.45) is 0. The van der Waals surface area contributed by atoms with Gasteiger partial charge in [-0.15, -0.1) is 21.5 Å². The number of aromatic nitrogens is 3. The third-order valence-electron chi connectivity index (χ3n) is 3.42. The Morgan fingerprint density at radius 1 is 1.29 bits per heavy atom. The van der Waals surface area contributed by atoms with E-state index in [0.29, 0.717) is 11.0 Å². The Bertz CT molecular complexity index is 801. The topological polar surface area (TPSA) is 85.8 Å². The van der Waals surface area contributed by atoms with Crippen LogP contribution in [0.4, 0.5) is 0 Å². The average molecular weight is 359 g/mol. The molecule has 1 atom stereocenters. The fourth-order valence-corrected chi connectivity index (χ4v) is 3.56. The zero-order valence-electron chi connectivity index (χ0n) is 13.0. The lowest BCUT2D eigenvalue weighted by Crippen LogP contribution is -2.28. The van der Waals surface area contributed by atoms with Gasteiger partial charge in [0.15, 0.2) is 5.82 Å². The van der Waals surface area contributed by atoms with Gasteiger partial charge in [0, 0.05) is 0 Å². The van der Waals surface area contributed by atoms with Crippen LogP contribution in [0.25, 0.3) is 10.7 Å². The lowest BCUT2D eigenvalue weighted by molar-refractivity contribution is -0.119. The minimum Gasteiger partial charge on any atom is -0.349 e. The van der Waals surface area contributed by atoms with Crippen LogP contribution in [0.15, 0.2) is 53.0 Å². The number of nitrogens with zero attached hydrogens (tertiary/aromatic N) is 3. The van der Waals surface area contributed by atoms with Gasteiger partial charge in [-0.1, -0.05) is 48.2 Å². The molecule has 0 fully saturated rings. The monoisotopic (exact) mass is 359 g/mol. The summed E-state index contributed by atoms with van der Waals surface area (Å²) >= 11 is 2.81. The molecule has 0 aliphatic carbocycles. The molecule has 0 radical (unpaired) electrons. The number of rotatable bonds is 6. The molecule has 24 heavy (non-hydrogen) atoms. The van der Waals surface area contributed by atoms with Crippen LogP contribution in [0.5, 0.6) is 0 Å². The van der Waals surface area contributed by atoms with Crippen molar-refractivity contribution in [3.63, 3.8) is 0 Å². The lowest BCUT2D eigenvalue weighted by atomic mass is 10.1. The maximum absolute atomic E-state index is 12.1. The summed E-state index contributed by atoms with van der Waals surface area (Å²) in [4.78, 5) is 13.1. The molecule has 0 saturated heterocycles. The summed E-state index contributed by atoms with van der Waals surface area (Å²) in [6.45, 7) is 1.96. The smallest absolute Gasteiger partial charge is 0.230 e. The molecule has 0 bridgehead atoms. The molecule has 2 aromatic heterocycles. The SMILES string of the molecule is C[C@@H](NC(=O)CSc1nnc(-c2cccs2)n1N)c1ccccc1. The predicted octanol–water partition coefficient (Wildman–Crippen LogP) is 2.69. The Labute approximate surface area is 148 Å². The third-order valence-corrected chi connectivity index (χ3v) is 5.22. The summed E-state index contributed by atoms with van der Waals surface area (Å²) < 4.78 is 1.42. The van der Waals surface area contributed by atoms with Crippen LogP contribution in [0.3, 0.4) is 0 Å². The van der Waals surface area contributed by atoms with Gasteiger partial charge < -0.3 is 11.2 Å². The van der Waals surface area contributed by atoms with E-state index in [1.807, 2.05) is 54.8 Å². The molecule has 3 N–H and O–H groups in total. The molecule has 1 amide bonds. The molecule has 3 rings (SSSR count). The van der Waals surface area contributed by atoms with Crippen molar-refractivity contribution in [2.24, 2.45) is 0 Å². The minimum atomic E-state index is -0.0722. The van der Waals surface area contributed by atoms with E-state index in [-0.39, 0.29) is 17.7 Å². The molecule has 1 aromatic carbocycles. The van der Waals surface area contributed by atoms with Crippen LogP contribution in [-0.4, -0.2) is 26.5 Å². The molecule has 0 saturated carbocycles. The number of benzene rings is 1. The number of thioether (sulfide) groups is 1. The van der Waals surface area contributed by atoms with Gasteiger partial charge in [0.2, 0.25) is 11.1 Å². The van der Waals surface area contributed by atoms with Crippen LogP contribution in [0, 0.1) is 0 Å². The molecule has 124 valence electrons. The van der Waals surface area contributed by atoms with Crippen molar-refractivity contribution < 1.29 is 4.79 Å². The highest BCUT2D eigenvalue weighted by Crippen LogP contribution is 2.25. The van der Waals surface area contributed by atoms with E-state index in [0.717, 1.165) is 10.4 Å². The number of thiophene rings is 1. The highest BCUT2D eigenvalue weighted by atomic mass is 32.2. The Morgan fingerprint density at radius 2 is 2.08 bits per heavy atom. The third kappa shape index (κ3) is 3.77. The molecular weight excluding hydrogens is 342 g/mol. The van der Waals surface area contributed by atoms with Crippen molar-refractivity contribution in [3.8, 4) is 10.7 Å². The van der Waals surface area contributed by atoms with E-state index in [1.54, 1.807) is 11.3 Å². The molecule has 0 aliphatic rings. The van der Waals surface area contributed by atoms with Gasteiger partial charge in [0.1, 0.15) is 0 Å².